The van der Waals surface area contributed by atoms with Crippen molar-refractivity contribution in [1.29, 1.82) is 0 Å². The molecule has 0 aliphatic heterocycles. The van der Waals surface area contributed by atoms with E-state index in [1.165, 1.54) is 27.6 Å². The molecule has 0 aliphatic rings. The fourth-order valence-corrected chi connectivity index (χ4v) is 2.97. The van der Waals surface area contributed by atoms with Gasteiger partial charge in [-0.3, -0.25) is 0 Å². The highest BCUT2D eigenvalue weighted by Crippen LogP contribution is 2.32. The number of benzene rings is 2. The molecule has 0 atom stereocenters. The van der Waals surface area contributed by atoms with Gasteiger partial charge in [0.2, 0.25) is 0 Å². The summed E-state index contributed by atoms with van der Waals surface area (Å²) in [5.74, 6) is 0.885. The Morgan fingerprint density at radius 2 is 1.43 bits per heavy atom. The lowest BCUT2D eigenvalue weighted by atomic mass is 10.1. The predicted molar refractivity (Wildman–Crippen MR) is 95.6 cm³/mol. The molecule has 4 aromatic rings. The van der Waals surface area contributed by atoms with Gasteiger partial charge in [0, 0.05) is 11.1 Å². The van der Waals surface area contributed by atoms with E-state index in [9.17, 15) is 0 Å². The van der Waals surface area contributed by atoms with Gasteiger partial charge in [0.05, 0.1) is 5.69 Å². The fourth-order valence-electron chi connectivity index (χ4n) is 2.97. The second-order valence-electron chi connectivity index (χ2n) is 6.20. The standard InChI is InChI=1S/C21H19NO/c1-13-4-8-16(9-5-13)18-10-11-19(22-18)20-12-17-14(2)6-7-15(3)21(17)23-20/h4-12,22H,1-3H3. The molecule has 0 saturated carbocycles. The Balaban J connectivity index is 1.78. The van der Waals surface area contributed by atoms with E-state index >= 15 is 0 Å². The molecule has 2 heterocycles. The van der Waals surface area contributed by atoms with E-state index in [2.05, 4.69) is 80.4 Å². The molecule has 0 unspecified atom stereocenters. The van der Waals surface area contributed by atoms with E-state index in [1.807, 2.05) is 0 Å². The molecule has 0 radical (unpaired) electrons. The monoisotopic (exact) mass is 301 g/mol. The van der Waals surface area contributed by atoms with Crippen LogP contribution in [-0.2, 0) is 0 Å². The minimum atomic E-state index is 0.885. The topological polar surface area (TPSA) is 28.9 Å². The number of hydrogen-bond donors (Lipinski definition) is 1. The quantitative estimate of drug-likeness (QED) is 0.482. The van der Waals surface area contributed by atoms with Crippen LogP contribution in [0.5, 0.6) is 0 Å². The first-order valence-electron chi connectivity index (χ1n) is 7.88. The number of aromatic amines is 1. The number of hydrogen-bond acceptors (Lipinski definition) is 1. The summed E-state index contributed by atoms with van der Waals surface area (Å²) in [7, 11) is 0. The largest absolute Gasteiger partial charge is 0.454 e. The number of aryl methyl sites for hydroxylation is 3. The van der Waals surface area contributed by atoms with Gasteiger partial charge in [0.1, 0.15) is 5.58 Å². The normalized spacial score (nSPS) is 11.3. The van der Waals surface area contributed by atoms with Gasteiger partial charge < -0.3 is 9.40 Å². The molecule has 1 N–H and O–H groups in total. The van der Waals surface area contributed by atoms with Crippen LogP contribution in [0.1, 0.15) is 16.7 Å². The molecule has 23 heavy (non-hydrogen) atoms. The van der Waals surface area contributed by atoms with Crippen molar-refractivity contribution in [3.8, 4) is 22.7 Å². The molecular formula is C21H19NO. The number of aromatic nitrogens is 1. The molecule has 2 heteroatoms. The van der Waals surface area contributed by atoms with E-state index in [1.54, 1.807) is 0 Å². The Morgan fingerprint density at radius 3 is 2.17 bits per heavy atom. The average molecular weight is 301 g/mol. The molecule has 0 saturated heterocycles. The van der Waals surface area contributed by atoms with Crippen molar-refractivity contribution in [3.05, 3.63) is 71.3 Å². The zero-order valence-corrected chi connectivity index (χ0v) is 13.6. The Bertz CT molecular complexity index is 948. The molecule has 2 nitrogen and oxygen atoms in total. The van der Waals surface area contributed by atoms with Gasteiger partial charge in [-0.1, -0.05) is 42.0 Å². The van der Waals surface area contributed by atoms with Crippen LogP contribution in [-0.4, -0.2) is 4.98 Å². The molecule has 0 bridgehead atoms. The Labute approximate surface area is 135 Å². The molecule has 0 fully saturated rings. The number of nitrogens with one attached hydrogen (secondary N) is 1. The molecule has 114 valence electrons. The summed E-state index contributed by atoms with van der Waals surface area (Å²) in [5, 5.41) is 1.19. The minimum Gasteiger partial charge on any atom is -0.454 e. The molecule has 0 spiro atoms. The van der Waals surface area contributed by atoms with E-state index in [0.29, 0.717) is 0 Å². The minimum absolute atomic E-state index is 0.885. The van der Waals surface area contributed by atoms with Gasteiger partial charge in [0.15, 0.2) is 5.76 Å². The van der Waals surface area contributed by atoms with Crippen LogP contribution in [0.3, 0.4) is 0 Å². The number of fused-ring (bicyclic) bond motifs is 1. The van der Waals surface area contributed by atoms with Gasteiger partial charge in [-0.05, 0) is 55.7 Å². The molecule has 4 rings (SSSR count). The van der Waals surface area contributed by atoms with Crippen LogP contribution in [0.15, 0.2) is 59.0 Å². The number of furan rings is 1. The third-order valence-corrected chi connectivity index (χ3v) is 4.41. The summed E-state index contributed by atoms with van der Waals surface area (Å²) in [6, 6.07) is 19.1. The van der Waals surface area contributed by atoms with Crippen LogP contribution >= 0.6 is 0 Å². The Hall–Kier alpha value is -2.74. The van der Waals surface area contributed by atoms with Gasteiger partial charge in [0.25, 0.3) is 0 Å². The van der Waals surface area contributed by atoms with Crippen LogP contribution < -0.4 is 0 Å². The van der Waals surface area contributed by atoms with Crippen molar-refractivity contribution in [2.75, 3.05) is 0 Å². The van der Waals surface area contributed by atoms with E-state index < -0.39 is 0 Å². The number of rotatable bonds is 2. The van der Waals surface area contributed by atoms with E-state index in [0.717, 1.165) is 22.7 Å². The lowest BCUT2D eigenvalue weighted by Gasteiger charge is -1.99. The number of H-pyrrole nitrogens is 1. The van der Waals surface area contributed by atoms with Crippen molar-refractivity contribution in [2.24, 2.45) is 0 Å². The van der Waals surface area contributed by atoms with Gasteiger partial charge in [-0.25, -0.2) is 0 Å². The third kappa shape index (κ3) is 2.36. The lowest BCUT2D eigenvalue weighted by molar-refractivity contribution is 0.626. The molecule has 2 aromatic carbocycles. The summed E-state index contributed by atoms with van der Waals surface area (Å²) >= 11 is 0. The van der Waals surface area contributed by atoms with Crippen molar-refractivity contribution in [1.82, 2.24) is 4.98 Å². The smallest absolute Gasteiger partial charge is 0.151 e. The van der Waals surface area contributed by atoms with E-state index in [-0.39, 0.29) is 0 Å². The van der Waals surface area contributed by atoms with Gasteiger partial charge in [-0.15, -0.1) is 0 Å². The van der Waals surface area contributed by atoms with Crippen molar-refractivity contribution in [2.45, 2.75) is 20.8 Å². The third-order valence-electron chi connectivity index (χ3n) is 4.41. The zero-order valence-electron chi connectivity index (χ0n) is 13.6. The fraction of sp³-hybridized carbons (Fsp3) is 0.143. The summed E-state index contributed by atoms with van der Waals surface area (Å²) in [5.41, 5.74) is 7.96. The maximum atomic E-state index is 6.10. The highest BCUT2D eigenvalue weighted by molar-refractivity contribution is 5.87. The second kappa shape index (κ2) is 5.17. The van der Waals surface area contributed by atoms with Crippen LogP contribution in [0.4, 0.5) is 0 Å². The maximum absolute atomic E-state index is 6.10. The maximum Gasteiger partial charge on any atom is 0.151 e. The first-order valence-corrected chi connectivity index (χ1v) is 7.88. The van der Waals surface area contributed by atoms with Crippen LogP contribution in [0.2, 0.25) is 0 Å². The molecular weight excluding hydrogens is 282 g/mol. The van der Waals surface area contributed by atoms with Crippen molar-refractivity contribution in [3.63, 3.8) is 0 Å². The summed E-state index contributed by atoms with van der Waals surface area (Å²) in [4.78, 5) is 3.47. The van der Waals surface area contributed by atoms with Gasteiger partial charge in [-0.2, -0.15) is 0 Å². The first-order chi connectivity index (χ1) is 11.1. The second-order valence-corrected chi connectivity index (χ2v) is 6.20. The van der Waals surface area contributed by atoms with Crippen LogP contribution in [0.25, 0.3) is 33.7 Å². The molecule has 0 amide bonds. The van der Waals surface area contributed by atoms with Crippen LogP contribution in [0, 0.1) is 20.8 Å². The molecule has 2 aromatic heterocycles. The lowest BCUT2D eigenvalue weighted by Crippen LogP contribution is -1.79. The van der Waals surface area contributed by atoms with Gasteiger partial charge >= 0.3 is 0 Å². The predicted octanol–water partition coefficient (Wildman–Crippen LogP) is 6.02. The first kappa shape index (κ1) is 13.9. The zero-order chi connectivity index (χ0) is 16.0. The Kier molecular flexibility index (Phi) is 3.12. The van der Waals surface area contributed by atoms with E-state index in [4.69, 9.17) is 4.42 Å². The Morgan fingerprint density at radius 1 is 0.739 bits per heavy atom. The summed E-state index contributed by atoms with van der Waals surface area (Å²) < 4.78 is 6.10. The molecule has 0 aliphatic carbocycles. The van der Waals surface area contributed by atoms with Crippen molar-refractivity contribution >= 4 is 11.0 Å². The summed E-state index contributed by atoms with van der Waals surface area (Å²) in [6.07, 6.45) is 0. The summed E-state index contributed by atoms with van der Waals surface area (Å²) in [6.45, 7) is 6.30. The van der Waals surface area contributed by atoms with Crippen molar-refractivity contribution < 1.29 is 4.42 Å². The highest BCUT2D eigenvalue weighted by Gasteiger charge is 2.12. The SMILES string of the molecule is Cc1ccc(-c2ccc(-c3cc4c(C)ccc(C)c4o3)[nH]2)cc1. The highest BCUT2D eigenvalue weighted by atomic mass is 16.3. The average Bonchev–Trinajstić information content (AvgIpc) is 3.19.